The zero-order valence-corrected chi connectivity index (χ0v) is 12.1. The minimum Gasteiger partial charge on any atom is -0.481 e. The third-order valence-electron chi connectivity index (χ3n) is 2.04. The minimum atomic E-state index is -0.945. The van der Waals surface area contributed by atoms with Crippen LogP contribution in [0, 0.1) is 0 Å². The van der Waals surface area contributed by atoms with Gasteiger partial charge >= 0.3 is 11.7 Å². The summed E-state index contributed by atoms with van der Waals surface area (Å²) in [6, 6.07) is 1.90. The van der Waals surface area contributed by atoms with Crippen LogP contribution in [0.25, 0.3) is 0 Å². The van der Waals surface area contributed by atoms with Crippen molar-refractivity contribution in [1.29, 1.82) is 0 Å². The van der Waals surface area contributed by atoms with Gasteiger partial charge < -0.3 is 5.11 Å². The van der Waals surface area contributed by atoms with Gasteiger partial charge in [-0.1, -0.05) is 11.8 Å². The lowest BCUT2D eigenvalue weighted by molar-refractivity contribution is -0.133. The third-order valence-corrected chi connectivity index (χ3v) is 4.91. The summed E-state index contributed by atoms with van der Waals surface area (Å²) in [4.78, 5) is 23.1. The van der Waals surface area contributed by atoms with Crippen LogP contribution in [0.1, 0.15) is 4.88 Å². The standard InChI is InChI=1S/C9H8BrN3O3S2/c10-5-1-2-17-6(5)3-13-8(16)11-12-9(13)18-4-7(14)15/h1-2H,3-4H2,(H,11,16)(H,14,15). The van der Waals surface area contributed by atoms with Crippen LogP contribution in [-0.4, -0.2) is 31.6 Å². The molecule has 0 bridgehead atoms. The first-order valence-corrected chi connectivity index (χ1v) is 7.45. The number of aliphatic carboxylic acids is 1. The monoisotopic (exact) mass is 349 g/mol. The van der Waals surface area contributed by atoms with Crippen molar-refractivity contribution in [1.82, 2.24) is 14.8 Å². The molecule has 9 heteroatoms. The molecule has 0 unspecified atom stereocenters. The molecule has 6 nitrogen and oxygen atoms in total. The highest BCUT2D eigenvalue weighted by Gasteiger charge is 2.13. The Kier molecular flexibility index (Phi) is 4.25. The van der Waals surface area contributed by atoms with E-state index < -0.39 is 5.97 Å². The van der Waals surface area contributed by atoms with E-state index in [-0.39, 0.29) is 11.4 Å². The molecule has 0 aliphatic rings. The number of halogens is 1. The van der Waals surface area contributed by atoms with E-state index in [4.69, 9.17) is 5.11 Å². The van der Waals surface area contributed by atoms with E-state index in [9.17, 15) is 9.59 Å². The molecule has 2 aromatic heterocycles. The van der Waals surface area contributed by atoms with E-state index in [1.807, 2.05) is 11.4 Å². The van der Waals surface area contributed by atoms with Crippen molar-refractivity contribution in [2.45, 2.75) is 11.7 Å². The number of carbonyl (C=O) groups is 1. The Morgan fingerprint density at radius 1 is 1.67 bits per heavy atom. The van der Waals surface area contributed by atoms with Gasteiger partial charge in [-0.3, -0.25) is 9.36 Å². The molecule has 2 rings (SSSR count). The highest BCUT2D eigenvalue weighted by atomic mass is 79.9. The van der Waals surface area contributed by atoms with Gasteiger partial charge in [0.05, 0.1) is 12.3 Å². The van der Waals surface area contributed by atoms with Gasteiger partial charge in [0.1, 0.15) is 0 Å². The normalized spacial score (nSPS) is 10.7. The van der Waals surface area contributed by atoms with E-state index in [1.54, 1.807) is 0 Å². The molecular formula is C9H8BrN3O3S2. The molecule has 2 heterocycles. The first kappa shape index (κ1) is 13.4. The molecule has 2 N–H and O–H groups in total. The number of thioether (sulfide) groups is 1. The molecule has 0 aliphatic heterocycles. The van der Waals surface area contributed by atoms with Crippen LogP contribution in [-0.2, 0) is 11.3 Å². The SMILES string of the molecule is O=C(O)CSc1n[nH]c(=O)n1Cc1sccc1Br. The number of thiophene rings is 1. The summed E-state index contributed by atoms with van der Waals surface area (Å²) in [5, 5.41) is 17.0. The second kappa shape index (κ2) is 5.72. The van der Waals surface area contributed by atoms with Crippen molar-refractivity contribution in [3.05, 3.63) is 31.3 Å². The van der Waals surface area contributed by atoms with Crippen LogP contribution in [0.15, 0.2) is 25.9 Å². The Hall–Kier alpha value is -1.06. The Balaban J connectivity index is 2.22. The van der Waals surface area contributed by atoms with Crippen molar-refractivity contribution in [2.75, 3.05) is 5.75 Å². The van der Waals surface area contributed by atoms with Crippen molar-refractivity contribution in [3.8, 4) is 0 Å². The molecule has 0 amide bonds. The molecule has 0 saturated carbocycles. The molecule has 18 heavy (non-hydrogen) atoms. The van der Waals surface area contributed by atoms with Crippen molar-refractivity contribution in [3.63, 3.8) is 0 Å². The number of carboxylic acids is 1. The quantitative estimate of drug-likeness (QED) is 0.800. The van der Waals surface area contributed by atoms with Gasteiger partial charge in [-0.2, -0.15) is 0 Å². The fourth-order valence-corrected chi connectivity index (χ4v) is 3.39. The number of aromatic nitrogens is 3. The average molecular weight is 350 g/mol. The van der Waals surface area contributed by atoms with Crippen LogP contribution in [0.5, 0.6) is 0 Å². The summed E-state index contributed by atoms with van der Waals surface area (Å²) in [5.74, 6) is -1.07. The van der Waals surface area contributed by atoms with Crippen LogP contribution in [0.3, 0.4) is 0 Å². The number of hydrogen-bond acceptors (Lipinski definition) is 5. The zero-order chi connectivity index (χ0) is 13.1. The van der Waals surface area contributed by atoms with Crippen molar-refractivity contribution < 1.29 is 9.90 Å². The van der Waals surface area contributed by atoms with Gasteiger partial charge in [0, 0.05) is 9.35 Å². The Morgan fingerprint density at radius 3 is 3.06 bits per heavy atom. The molecule has 0 aromatic carbocycles. The Morgan fingerprint density at radius 2 is 2.44 bits per heavy atom. The highest BCUT2D eigenvalue weighted by Crippen LogP contribution is 2.24. The fraction of sp³-hybridized carbons (Fsp3) is 0.222. The molecule has 0 aliphatic carbocycles. The molecule has 0 atom stereocenters. The van der Waals surface area contributed by atoms with Gasteiger partial charge in [-0.15, -0.1) is 16.4 Å². The molecule has 0 saturated heterocycles. The van der Waals surface area contributed by atoms with Crippen LogP contribution in [0.4, 0.5) is 0 Å². The maximum Gasteiger partial charge on any atom is 0.344 e. The third kappa shape index (κ3) is 3.03. The van der Waals surface area contributed by atoms with Crippen LogP contribution in [0.2, 0.25) is 0 Å². The minimum absolute atomic E-state index is 0.129. The van der Waals surface area contributed by atoms with Gasteiger partial charge in [-0.25, -0.2) is 9.89 Å². The number of nitrogens with one attached hydrogen (secondary N) is 1. The second-order valence-electron chi connectivity index (χ2n) is 3.27. The van der Waals surface area contributed by atoms with Crippen molar-refractivity contribution in [2.24, 2.45) is 0 Å². The average Bonchev–Trinajstić information content (AvgIpc) is 2.86. The molecule has 2 aromatic rings. The topological polar surface area (TPSA) is 88.0 Å². The number of rotatable bonds is 5. The summed E-state index contributed by atoms with van der Waals surface area (Å²) >= 11 is 5.92. The maximum absolute atomic E-state index is 11.6. The van der Waals surface area contributed by atoms with E-state index in [0.717, 1.165) is 21.1 Å². The number of H-pyrrole nitrogens is 1. The highest BCUT2D eigenvalue weighted by molar-refractivity contribution is 9.10. The van der Waals surface area contributed by atoms with E-state index in [1.165, 1.54) is 15.9 Å². The molecule has 96 valence electrons. The van der Waals surface area contributed by atoms with Crippen LogP contribution >= 0.6 is 39.0 Å². The summed E-state index contributed by atoms with van der Waals surface area (Å²) in [6.07, 6.45) is 0. The Labute approximate surface area is 118 Å². The lowest BCUT2D eigenvalue weighted by atomic mass is 10.4. The summed E-state index contributed by atoms with van der Waals surface area (Å²) in [5.41, 5.74) is -0.344. The number of nitrogens with zero attached hydrogens (tertiary/aromatic N) is 2. The smallest absolute Gasteiger partial charge is 0.344 e. The lowest BCUT2D eigenvalue weighted by Crippen LogP contribution is -2.18. The van der Waals surface area contributed by atoms with E-state index in [2.05, 4.69) is 26.1 Å². The summed E-state index contributed by atoms with van der Waals surface area (Å²) < 4.78 is 2.35. The largest absolute Gasteiger partial charge is 0.481 e. The van der Waals surface area contributed by atoms with Gasteiger partial charge in [0.15, 0.2) is 5.16 Å². The zero-order valence-electron chi connectivity index (χ0n) is 8.92. The Bertz CT molecular complexity index is 619. The van der Waals surface area contributed by atoms with Gasteiger partial charge in [0.2, 0.25) is 0 Å². The number of hydrogen-bond donors (Lipinski definition) is 2. The molecule has 0 radical (unpaired) electrons. The molecule has 0 fully saturated rings. The lowest BCUT2D eigenvalue weighted by Gasteiger charge is -2.03. The number of carboxylic acid groups (broad SMARTS) is 1. The first-order chi connectivity index (χ1) is 8.58. The molecule has 0 spiro atoms. The fourth-order valence-electron chi connectivity index (χ4n) is 1.26. The van der Waals surface area contributed by atoms with Crippen molar-refractivity contribution >= 4 is 45.0 Å². The van der Waals surface area contributed by atoms with Gasteiger partial charge in [-0.05, 0) is 27.4 Å². The van der Waals surface area contributed by atoms with Gasteiger partial charge in [0.25, 0.3) is 0 Å². The first-order valence-electron chi connectivity index (χ1n) is 4.79. The predicted octanol–water partition coefficient (Wildman–Crippen LogP) is 1.62. The number of aromatic amines is 1. The predicted molar refractivity (Wildman–Crippen MR) is 72.3 cm³/mol. The van der Waals surface area contributed by atoms with E-state index >= 15 is 0 Å². The summed E-state index contributed by atoms with van der Waals surface area (Å²) in [7, 11) is 0. The van der Waals surface area contributed by atoms with E-state index in [0.29, 0.717) is 11.7 Å². The maximum atomic E-state index is 11.6. The molecular weight excluding hydrogens is 342 g/mol. The summed E-state index contributed by atoms with van der Waals surface area (Å²) in [6.45, 7) is 0.371. The second-order valence-corrected chi connectivity index (χ2v) is 6.07. The van der Waals surface area contributed by atoms with Crippen LogP contribution < -0.4 is 5.69 Å².